The average Bonchev–Trinajstić information content (AvgIpc) is 2.78. The fourth-order valence-electron chi connectivity index (χ4n) is 4.86. The van der Waals surface area contributed by atoms with Crippen LogP contribution in [0.5, 0.6) is 0 Å². The summed E-state index contributed by atoms with van der Waals surface area (Å²) in [5.74, 6) is 0. The van der Waals surface area contributed by atoms with Gasteiger partial charge in [-0.05, 0) is 76.6 Å². The van der Waals surface area contributed by atoms with Crippen molar-refractivity contribution in [3.05, 3.63) is 90.0 Å². The van der Waals surface area contributed by atoms with Gasteiger partial charge in [0.05, 0.1) is 11.2 Å². The molecule has 0 N–H and O–H groups in total. The maximum Gasteiger partial charge on any atom is 0.0716 e. The smallest absolute Gasteiger partial charge is 0.0716 e. The van der Waals surface area contributed by atoms with Gasteiger partial charge in [0.1, 0.15) is 0 Å². The van der Waals surface area contributed by atoms with E-state index in [2.05, 4.69) is 78.9 Å². The molecule has 0 fully saturated rings. The molecule has 28 heavy (non-hydrogen) atoms. The Kier molecular flexibility index (Phi) is 3.49. The molecule has 0 radical (unpaired) electrons. The van der Waals surface area contributed by atoms with E-state index in [1.54, 1.807) is 5.56 Å². The molecule has 1 heteroatoms. The van der Waals surface area contributed by atoms with E-state index in [0.717, 1.165) is 11.2 Å². The van der Waals surface area contributed by atoms with Crippen LogP contribution < -0.4 is 0 Å². The summed E-state index contributed by atoms with van der Waals surface area (Å²) in [6, 6.07) is 28.6. The van der Waals surface area contributed by atoms with E-state index in [1.807, 2.05) is 0 Å². The summed E-state index contributed by atoms with van der Waals surface area (Å²) < 4.78 is 0. The van der Waals surface area contributed by atoms with Crippen molar-refractivity contribution in [3.8, 4) is 11.3 Å². The first-order chi connectivity index (χ1) is 13.9. The zero-order valence-corrected chi connectivity index (χ0v) is 15.8. The molecular weight excluding hydrogens is 338 g/mol. The van der Waals surface area contributed by atoms with Crippen LogP contribution >= 0.6 is 0 Å². The van der Waals surface area contributed by atoms with E-state index in [4.69, 9.17) is 4.98 Å². The Morgan fingerprint density at radius 3 is 2.36 bits per heavy atom. The molecule has 5 aromatic rings. The molecule has 1 aliphatic carbocycles. The number of pyridine rings is 1. The van der Waals surface area contributed by atoms with Crippen molar-refractivity contribution in [1.82, 2.24) is 4.98 Å². The number of para-hydroxylation sites is 1. The number of hydrogen-bond donors (Lipinski definition) is 0. The fraction of sp³-hybridized carbons (Fsp3) is 0.148. The largest absolute Gasteiger partial charge is 0.248 e. The molecule has 6 rings (SSSR count). The van der Waals surface area contributed by atoms with Gasteiger partial charge in [-0.15, -0.1) is 0 Å². The van der Waals surface area contributed by atoms with Crippen LogP contribution in [0.3, 0.4) is 0 Å². The van der Waals surface area contributed by atoms with Crippen LogP contribution in [0.1, 0.15) is 24.0 Å². The number of hydrogen-bond acceptors (Lipinski definition) is 1. The monoisotopic (exact) mass is 359 g/mol. The normalized spacial score (nSPS) is 13.9. The van der Waals surface area contributed by atoms with Crippen molar-refractivity contribution >= 4 is 32.4 Å². The first-order valence-corrected chi connectivity index (χ1v) is 10.2. The highest BCUT2D eigenvalue weighted by Gasteiger charge is 2.16. The lowest BCUT2D eigenvalue weighted by atomic mass is 9.85. The van der Waals surface area contributed by atoms with Gasteiger partial charge >= 0.3 is 0 Å². The van der Waals surface area contributed by atoms with Crippen molar-refractivity contribution in [2.45, 2.75) is 25.7 Å². The molecule has 1 aliphatic rings. The van der Waals surface area contributed by atoms with Gasteiger partial charge in [0, 0.05) is 10.9 Å². The molecule has 0 atom stereocenters. The fourth-order valence-corrected chi connectivity index (χ4v) is 4.86. The lowest BCUT2D eigenvalue weighted by molar-refractivity contribution is 0.690. The predicted octanol–water partition coefficient (Wildman–Crippen LogP) is 7.09. The minimum absolute atomic E-state index is 1.05. The van der Waals surface area contributed by atoms with Gasteiger partial charge in [-0.3, -0.25) is 0 Å². The second kappa shape index (κ2) is 6.17. The molecule has 0 saturated carbocycles. The van der Waals surface area contributed by atoms with E-state index in [1.165, 1.54) is 63.7 Å². The number of aromatic nitrogens is 1. The minimum Gasteiger partial charge on any atom is -0.248 e. The third-order valence-electron chi connectivity index (χ3n) is 6.25. The third-order valence-corrected chi connectivity index (χ3v) is 6.25. The Morgan fingerprint density at radius 2 is 1.39 bits per heavy atom. The van der Waals surface area contributed by atoms with Crippen molar-refractivity contribution in [2.24, 2.45) is 0 Å². The van der Waals surface area contributed by atoms with Gasteiger partial charge in [-0.1, -0.05) is 60.7 Å². The van der Waals surface area contributed by atoms with Gasteiger partial charge < -0.3 is 0 Å². The maximum atomic E-state index is 5.01. The molecule has 0 spiro atoms. The second-order valence-electron chi connectivity index (χ2n) is 7.86. The van der Waals surface area contributed by atoms with E-state index < -0.39 is 0 Å². The van der Waals surface area contributed by atoms with Crippen molar-refractivity contribution in [2.75, 3.05) is 0 Å². The Labute approximate surface area is 164 Å². The van der Waals surface area contributed by atoms with Crippen LogP contribution in [0.2, 0.25) is 0 Å². The van der Waals surface area contributed by atoms with Gasteiger partial charge in [0.2, 0.25) is 0 Å². The molecule has 0 saturated heterocycles. The molecule has 1 nitrogen and oxygen atoms in total. The van der Waals surface area contributed by atoms with E-state index in [9.17, 15) is 0 Å². The predicted molar refractivity (Wildman–Crippen MR) is 119 cm³/mol. The highest BCUT2D eigenvalue weighted by Crippen LogP contribution is 2.38. The quantitative estimate of drug-likeness (QED) is 0.291. The summed E-state index contributed by atoms with van der Waals surface area (Å²) in [7, 11) is 0. The molecule has 0 unspecified atom stereocenters. The van der Waals surface area contributed by atoms with E-state index in [0.29, 0.717) is 0 Å². The lowest BCUT2D eigenvalue weighted by Crippen LogP contribution is -2.03. The molecule has 1 aromatic heterocycles. The summed E-state index contributed by atoms with van der Waals surface area (Å²) >= 11 is 0. The molecule has 0 aliphatic heterocycles. The van der Waals surface area contributed by atoms with Crippen molar-refractivity contribution < 1.29 is 0 Å². The number of aryl methyl sites for hydroxylation is 2. The number of nitrogens with zero attached hydrogens (tertiary/aromatic N) is 1. The maximum absolute atomic E-state index is 5.01. The molecule has 0 amide bonds. The molecular formula is C27H21N. The molecule has 4 aromatic carbocycles. The number of benzene rings is 4. The van der Waals surface area contributed by atoms with Crippen molar-refractivity contribution in [3.63, 3.8) is 0 Å². The Morgan fingerprint density at radius 1 is 0.607 bits per heavy atom. The zero-order valence-electron chi connectivity index (χ0n) is 15.8. The Hall–Kier alpha value is -3.19. The highest BCUT2D eigenvalue weighted by molar-refractivity contribution is 6.14. The molecule has 0 bridgehead atoms. The first kappa shape index (κ1) is 15.8. The van der Waals surface area contributed by atoms with Crippen LogP contribution in [0.25, 0.3) is 43.7 Å². The Balaban J connectivity index is 1.72. The summed E-state index contributed by atoms with van der Waals surface area (Å²) in [5.41, 5.74) is 6.44. The van der Waals surface area contributed by atoms with Gasteiger partial charge in [0.15, 0.2) is 0 Å². The average molecular weight is 359 g/mol. The summed E-state index contributed by atoms with van der Waals surface area (Å²) in [6.45, 7) is 0. The SMILES string of the molecule is c1ccc2nc(-c3cc4c5c(ccc4c4ccccc34)CCCC5)ccc2c1. The number of rotatable bonds is 1. The third kappa shape index (κ3) is 2.36. The van der Waals surface area contributed by atoms with Gasteiger partial charge in [-0.2, -0.15) is 0 Å². The summed E-state index contributed by atoms with van der Waals surface area (Å²) in [5, 5.41) is 6.60. The summed E-state index contributed by atoms with van der Waals surface area (Å²) in [4.78, 5) is 5.01. The van der Waals surface area contributed by atoms with E-state index >= 15 is 0 Å². The highest BCUT2D eigenvalue weighted by atomic mass is 14.7. The standard InChI is InChI=1S/C27H21N/c1-3-9-20-18(7-1)13-15-23-21-10-4-5-11-22(21)25(17-24(20)23)27-16-14-19-8-2-6-12-26(19)28-27/h2,4-6,8,10-17H,1,3,7,9H2. The van der Waals surface area contributed by atoms with Crippen molar-refractivity contribution in [1.29, 1.82) is 0 Å². The van der Waals surface area contributed by atoms with Crippen LogP contribution in [0, 0.1) is 0 Å². The van der Waals surface area contributed by atoms with Crippen LogP contribution in [0.15, 0.2) is 78.9 Å². The molecule has 1 heterocycles. The summed E-state index contributed by atoms with van der Waals surface area (Å²) in [6.07, 6.45) is 5.00. The van der Waals surface area contributed by atoms with Crippen LogP contribution in [-0.4, -0.2) is 4.98 Å². The van der Waals surface area contributed by atoms with Crippen LogP contribution in [-0.2, 0) is 12.8 Å². The van der Waals surface area contributed by atoms with Crippen LogP contribution in [0.4, 0.5) is 0 Å². The minimum atomic E-state index is 1.05. The second-order valence-corrected chi connectivity index (χ2v) is 7.86. The molecule has 134 valence electrons. The van der Waals surface area contributed by atoms with Gasteiger partial charge in [0.25, 0.3) is 0 Å². The van der Waals surface area contributed by atoms with Gasteiger partial charge in [-0.25, -0.2) is 4.98 Å². The van der Waals surface area contributed by atoms with E-state index in [-0.39, 0.29) is 0 Å². The Bertz CT molecular complexity index is 1360. The first-order valence-electron chi connectivity index (χ1n) is 10.2. The number of fused-ring (bicyclic) bond motifs is 6. The topological polar surface area (TPSA) is 12.9 Å². The lowest BCUT2D eigenvalue weighted by Gasteiger charge is -2.20. The zero-order chi connectivity index (χ0) is 18.5.